The van der Waals surface area contributed by atoms with E-state index in [1.807, 2.05) is 0 Å². The average Bonchev–Trinajstić information content (AvgIpc) is 2.88. The highest BCUT2D eigenvalue weighted by Gasteiger charge is 2.02. The van der Waals surface area contributed by atoms with E-state index in [0.717, 1.165) is 13.1 Å². The van der Waals surface area contributed by atoms with Gasteiger partial charge in [-0.15, -0.1) is 10.2 Å². The number of nitrogens with one attached hydrogen (secondary N) is 3. The van der Waals surface area contributed by atoms with Crippen LogP contribution in [0.2, 0.25) is 0 Å². The Morgan fingerprint density at radius 1 is 1.33 bits per heavy atom. The smallest absolute Gasteiger partial charge is 0.330 e. The summed E-state index contributed by atoms with van der Waals surface area (Å²) in [7, 11) is 0. The van der Waals surface area contributed by atoms with Crippen LogP contribution in [0.1, 0.15) is 0 Å². The highest BCUT2D eigenvalue weighted by Crippen LogP contribution is 2.16. The predicted octanol–water partition coefficient (Wildman–Crippen LogP) is 0.725. The lowest BCUT2D eigenvalue weighted by Crippen LogP contribution is -2.34. The van der Waals surface area contributed by atoms with E-state index in [2.05, 4.69) is 31.4 Å². The summed E-state index contributed by atoms with van der Waals surface area (Å²) in [6.07, 6.45) is 0. The van der Waals surface area contributed by atoms with Crippen molar-refractivity contribution >= 4 is 23.4 Å². The van der Waals surface area contributed by atoms with Crippen molar-refractivity contribution in [3.63, 3.8) is 0 Å². The summed E-state index contributed by atoms with van der Waals surface area (Å²) in [6.45, 7) is 1.53. The Bertz CT molecular complexity index is 480. The number of azo groups is 1. The van der Waals surface area contributed by atoms with E-state index in [1.54, 1.807) is 24.3 Å². The minimum absolute atomic E-state index is 0.549. The summed E-state index contributed by atoms with van der Waals surface area (Å²) in [5.41, 5.74) is 11.2. The first-order valence-electron chi connectivity index (χ1n) is 5.35. The molecule has 1 heterocycles. The van der Waals surface area contributed by atoms with E-state index >= 15 is 0 Å². The molecule has 5 N–H and O–H groups in total. The lowest BCUT2D eigenvalue weighted by molar-refractivity contribution is 0.250. The topological polar surface area (TPSA) is 116 Å². The largest absolute Gasteiger partial charge is 0.351 e. The van der Waals surface area contributed by atoms with E-state index in [1.165, 1.54) is 0 Å². The second-order valence-electron chi connectivity index (χ2n) is 3.49. The molecule has 8 heteroatoms. The third kappa shape index (κ3) is 3.44. The number of primary amides is 1. The molecule has 18 heavy (non-hydrogen) atoms. The molecule has 0 saturated carbocycles. The number of hydrogen-bond acceptors (Lipinski definition) is 6. The van der Waals surface area contributed by atoms with Gasteiger partial charge in [0.2, 0.25) is 5.96 Å². The lowest BCUT2D eigenvalue weighted by atomic mass is 10.3. The number of amides is 2. The van der Waals surface area contributed by atoms with Crippen LogP contribution in [0, 0.1) is 0 Å². The molecule has 0 saturated heterocycles. The zero-order valence-corrected chi connectivity index (χ0v) is 9.55. The van der Waals surface area contributed by atoms with Gasteiger partial charge in [0, 0.05) is 6.54 Å². The molecule has 2 amide bonds. The normalized spacial score (nSPS) is 14.1. The average molecular weight is 247 g/mol. The molecule has 1 aliphatic rings. The predicted molar refractivity (Wildman–Crippen MR) is 67.6 cm³/mol. The Balaban J connectivity index is 1.92. The van der Waals surface area contributed by atoms with Crippen LogP contribution < -0.4 is 21.9 Å². The van der Waals surface area contributed by atoms with Gasteiger partial charge in [-0.3, -0.25) is 10.9 Å². The third-order valence-corrected chi connectivity index (χ3v) is 2.11. The lowest BCUT2D eigenvalue weighted by Gasteiger charge is -2.05. The molecule has 0 unspecified atom stereocenters. The molecule has 0 aromatic heterocycles. The Kier molecular flexibility index (Phi) is 3.69. The van der Waals surface area contributed by atoms with Crippen molar-refractivity contribution in [1.82, 2.24) is 10.7 Å². The summed E-state index contributed by atoms with van der Waals surface area (Å²) in [5.74, 6) is 0.549. The summed E-state index contributed by atoms with van der Waals surface area (Å²) < 4.78 is 0. The summed E-state index contributed by atoms with van der Waals surface area (Å²) in [4.78, 5) is 14.6. The number of hydrazine groups is 1. The number of hydrogen-bond donors (Lipinski definition) is 4. The molecule has 1 aromatic carbocycles. The van der Waals surface area contributed by atoms with Crippen molar-refractivity contribution in [2.45, 2.75) is 0 Å². The van der Waals surface area contributed by atoms with Crippen LogP contribution in [-0.2, 0) is 0 Å². The molecule has 0 radical (unpaired) electrons. The van der Waals surface area contributed by atoms with E-state index in [4.69, 9.17) is 5.73 Å². The maximum atomic E-state index is 10.5. The van der Waals surface area contributed by atoms with Crippen molar-refractivity contribution in [1.29, 1.82) is 0 Å². The van der Waals surface area contributed by atoms with E-state index in [-0.39, 0.29) is 0 Å². The first-order valence-corrected chi connectivity index (χ1v) is 5.35. The van der Waals surface area contributed by atoms with Crippen molar-refractivity contribution in [3.8, 4) is 0 Å². The van der Waals surface area contributed by atoms with Crippen LogP contribution in [0.25, 0.3) is 0 Å². The first kappa shape index (κ1) is 11.8. The van der Waals surface area contributed by atoms with Crippen LogP contribution in [0.4, 0.5) is 16.2 Å². The van der Waals surface area contributed by atoms with Crippen molar-refractivity contribution in [2.75, 3.05) is 18.5 Å². The molecular weight excluding hydrogens is 234 g/mol. The van der Waals surface area contributed by atoms with Gasteiger partial charge in [-0.2, -0.15) is 0 Å². The van der Waals surface area contributed by atoms with Gasteiger partial charge < -0.3 is 11.1 Å². The van der Waals surface area contributed by atoms with Gasteiger partial charge in [-0.25, -0.2) is 9.79 Å². The highest BCUT2D eigenvalue weighted by molar-refractivity contribution is 5.81. The first-order chi connectivity index (χ1) is 8.74. The van der Waals surface area contributed by atoms with Gasteiger partial charge in [0.05, 0.1) is 17.9 Å². The maximum Gasteiger partial charge on any atom is 0.330 e. The molecular formula is C10H13N7O. The Morgan fingerprint density at radius 2 is 2.11 bits per heavy atom. The summed E-state index contributed by atoms with van der Waals surface area (Å²) >= 11 is 0. The van der Waals surface area contributed by atoms with Crippen LogP contribution in [0.5, 0.6) is 0 Å². The van der Waals surface area contributed by atoms with Gasteiger partial charge in [0.25, 0.3) is 0 Å². The monoisotopic (exact) mass is 247 g/mol. The van der Waals surface area contributed by atoms with Crippen LogP contribution in [-0.4, -0.2) is 25.1 Å². The fourth-order valence-corrected chi connectivity index (χ4v) is 1.30. The zero-order chi connectivity index (χ0) is 12.8. The SMILES string of the molecule is NC(=O)NNc1ccc(N=NC2=NCCN2)cc1. The molecule has 2 rings (SSSR count). The van der Waals surface area contributed by atoms with Gasteiger partial charge >= 0.3 is 6.03 Å². The van der Waals surface area contributed by atoms with Gasteiger partial charge in [0.1, 0.15) is 0 Å². The number of carbonyl (C=O) groups excluding carboxylic acids is 1. The zero-order valence-electron chi connectivity index (χ0n) is 9.55. The standard InChI is InChI=1S/C10H13N7O/c11-9(18)16-14-7-1-3-8(4-2-7)15-17-10-12-5-6-13-10/h1-4,14H,5-6H2,(H,12,13)(H3,11,16,18). The maximum absolute atomic E-state index is 10.5. The third-order valence-electron chi connectivity index (χ3n) is 2.11. The van der Waals surface area contributed by atoms with Crippen molar-refractivity contribution < 1.29 is 4.79 Å². The summed E-state index contributed by atoms with van der Waals surface area (Å²) in [6, 6.07) is 6.35. The number of carbonyl (C=O) groups is 1. The quantitative estimate of drug-likeness (QED) is 0.466. The molecule has 0 spiro atoms. The molecule has 1 aliphatic heterocycles. The molecule has 0 aliphatic carbocycles. The summed E-state index contributed by atoms with van der Waals surface area (Å²) in [5, 5.41) is 11.0. The number of urea groups is 1. The van der Waals surface area contributed by atoms with E-state index in [0.29, 0.717) is 17.3 Å². The van der Waals surface area contributed by atoms with Crippen molar-refractivity contribution in [3.05, 3.63) is 24.3 Å². The number of guanidine groups is 1. The van der Waals surface area contributed by atoms with Crippen LogP contribution >= 0.6 is 0 Å². The Labute approximate surface area is 103 Å². The number of aliphatic imine (C=N–C) groups is 1. The fraction of sp³-hybridized carbons (Fsp3) is 0.200. The van der Waals surface area contributed by atoms with Crippen LogP contribution in [0.15, 0.2) is 39.5 Å². The molecule has 1 aromatic rings. The second-order valence-corrected chi connectivity index (χ2v) is 3.49. The molecule has 0 atom stereocenters. The number of nitrogens with two attached hydrogens (primary N) is 1. The van der Waals surface area contributed by atoms with E-state index in [9.17, 15) is 4.79 Å². The number of nitrogens with zero attached hydrogens (tertiary/aromatic N) is 3. The fourth-order valence-electron chi connectivity index (χ4n) is 1.30. The van der Waals surface area contributed by atoms with Gasteiger partial charge in [-0.05, 0) is 24.3 Å². The van der Waals surface area contributed by atoms with E-state index < -0.39 is 6.03 Å². The minimum atomic E-state index is -0.649. The Hall–Kier alpha value is -2.64. The highest BCUT2D eigenvalue weighted by atomic mass is 16.2. The molecule has 0 fully saturated rings. The molecule has 94 valence electrons. The molecule has 0 bridgehead atoms. The minimum Gasteiger partial charge on any atom is -0.351 e. The van der Waals surface area contributed by atoms with Gasteiger partial charge in [0.15, 0.2) is 0 Å². The Morgan fingerprint density at radius 3 is 2.72 bits per heavy atom. The van der Waals surface area contributed by atoms with Crippen LogP contribution in [0.3, 0.4) is 0 Å². The number of anilines is 1. The van der Waals surface area contributed by atoms with Crippen molar-refractivity contribution in [2.24, 2.45) is 21.0 Å². The number of benzene rings is 1. The van der Waals surface area contributed by atoms with Gasteiger partial charge in [-0.1, -0.05) is 0 Å². The molecule has 8 nitrogen and oxygen atoms in total. The number of rotatable bonds is 3. The second kappa shape index (κ2) is 5.62.